The number of aromatic nitrogens is 3. The summed E-state index contributed by atoms with van der Waals surface area (Å²) in [6.45, 7) is 2.10. The van der Waals surface area contributed by atoms with Crippen LogP contribution in [0.15, 0.2) is 32.8 Å². The van der Waals surface area contributed by atoms with Crippen molar-refractivity contribution in [2.45, 2.75) is 13.1 Å². The zero-order chi connectivity index (χ0) is 16.6. The van der Waals surface area contributed by atoms with Gasteiger partial charge in [-0.3, -0.25) is 4.79 Å². The average molecular weight is 326 g/mol. The fourth-order valence-electron chi connectivity index (χ4n) is 1.91. The van der Waals surface area contributed by atoms with Gasteiger partial charge >= 0.3 is 11.7 Å². The van der Waals surface area contributed by atoms with Gasteiger partial charge in [0.25, 0.3) is 0 Å². The summed E-state index contributed by atoms with van der Waals surface area (Å²) < 4.78 is 48.9. The summed E-state index contributed by atoms with van der Waals surface area (Å²) in [4.78, 5) is 19.6. The zero-order valence-electron chi connectivity index (χ0n) is 11.7. The van der Waals surface area contributed by atoms with Gasteiger partial charge in [0.2, 0.25) is 11.3 Å². The molecular formula is C13H9F3N4O3. The van der Waals surface area contributed by atoms with Gasteiger partial charge in [-0.1, -0.05) is 0 Å². The van der Waals surface area contributed by atoms with Gasteiger partial charge in [0.15, 0.2) is 6.40 Å². The third-order valence-corrected chi connectivity index (χ3v) is 2.93. The second-order valence-electron chi connectivity index (χ2n) is 4.40. The number of nitrogens with zero attached hydrogens (tertiary/aromatic N) is 4. The van der Waals surface area contributed by atoms with Crippen LogP contribution in [0.2, 0.25) is 0 Å². The molecule has 0 fully saturated rings. The van der Waals surface area contributed by atoms with Gasteiger partial charge in [0, 0.05) is 0 Å². The van der Waals surface area contributed by atoms with Crippen LogP contribution in [-0.2, 0) is 10.9 Å². The maximum atomic E-state index is 12.7. The van der Waals surface area contributed by atoms with Crippen molar-refractivity contribution in [3.8, 4) is 0 Å². The van der Waals surface area contributed by atoms with Gasteiger partial charge < -0.3 is 9.15 Å². The molecule has 7 nitrogen and oxygen atoms in total. The SMILES string of the molecule is CCO/C=N/n1cnc2c(oc3nc(C(F)(F)F)ccc32)c1=O. The summed E-state index contributed by atoms with van der Waals surface area (Å²) in [7, 11) is 0. The lowest BCUT2D eigenvalue weighted by Crippen LogP contribution is -2.16. The quantitative estimate of drug-likeness (QED) is 0.545. The molecule has 0 saturated carbocycles. The van der Waals surface area contributed by atoms with Crippen molar-refractivity contribution in [3.05, 3.63) is 34.5 Å². The van der Waals surface area contributed by atoms with E-state index in [2.05, 4.69) is 15.1 Å². The largest absolute Gasteiger partial charge is 0.482 e. The summed E-state index contributed by atoms with van der Waals surface area (Å²) in [6, 6.07) is 1.97. The molecule has 0 radical (unpaired) electrons. The van der Waals surface area contributed by atoms with Crippen molar-refractivity contribution in [1.29, 1.82) is 0 Å². The van der Waals surface area contributed by atoms with Crippen LogP contribution in [0.3, 0.4) is 0 Å². The van der Waals surface area contributed by atoms with Gasteiger partial charge in [-0.2, -0.15) is 17.8 Å². The highest BCUT2D eigenvalue weighted by atomic mass is 19.4. The van der Waals surface area contributed by atoms with Gasteiger partial charge in [0.05, 0.1) is 12.0 Å². The number of fused-ring (bicyclic) bond motifs is 3. The predicted molar refractivity (Wildman–Crippen MR) is 74.1 cm³/mol. The maximum Gasteiger partial charge on any atom is 0.433 e. The molecule has 0 aliphatic heterocycles. The molecule has 0 atom stereocenters. The number of rotatable bonds is 3. The molecule has 3 aromatic heterocycles. The van der Waals surface area contributed by atoms with E-state index < -0.39 is 17.4 Å². The highest BCUT2D eigenvalue weighted by molar-refractivity contribution is 6.00. The first-order valence-corrected chi connectivity index (χ1v) is 6.44. The predicted octanol–water partition coefficient (Wildman–Crippen LogP) is 2.38. The van der Waals surface area contributed by atoms with Crippen LogP contribution in [0, 0.1) is 0 Å². The number of hydrogen-bond acceptors (Lipinski definition) is 6. The Labute approximate surface area is 126 Å². The second-order valence-corrected chi connectivity index (χ2v) is 4.40. The molecule has 10 heteroatoms. The molecule has 0 aliphatic rings. The van der Waals surface area contributed by atoms with Crippen LogP contribution in [0.25, 0.3) is 22.2 Å². The number of ether oxygens (including phenoxy) is 1. The molecule has 0 aliphatic carbocycles. The molecule has 0 saturated heterocycles. The van der Waals surface area contributed by atoms with E-state index in [4.69, 9.17) is 9.15 Å². The Balaban J connectivity index is 2.19. The first kappa shape index (κ1) is 15.0. The molecule has 3 aromatic rings. The summed E-state index contributed by atoms with van der Waals surface area (Å²) in [5, 5.41) is 3.92. The molecule has 0 spiro atoms. The standard InChI is InChI=1S/C13H9F3N4O3/c1-2-22-6-18-20-5-17-9-7-3-4-8(13(14,15)16)19-11(7)23-10(9)12(20)21/h3-6H,2H2,1H3/b18-6+. The molecule has 120 valence electrons. The first-order valence-electron chi connectivity index (χ1n) is 6.44. The summed E-state index contributed by atoms with van der Waals surface area (Å²) >= 11 is 0. The molecule has 3 rings (SSSR count). The number of halogens is 3. The van der Waals surface area contributed by atoms with Crippen molar-refractivity contribution in [3.63, 3.8) is 0 Å². The highest BCUT2D eigenvalue weighted by Crippen LogP contribution is 2.31. The Bertz CT molecular complexity index is 959. The van der Waals surface area contributed by atoms with Crippen LogP contribution < -0.4 is 5.56 Å². The fourth-order valence-corrected chi connectivity index (χ4v) is 1.91. The zero-order valence-corrected chi connectivity index (χ0v) is 11.7. The number of alkyl halides is 3. The molecule has 0 aromatic carbocycles. The number of furan rings is 1. The lowest BCUT2D eigenvalue weighted by Gasteiger charge is -2.03. The van der Waals surface area contributed by atoms with Gasteiger partial charge in [-0.15, -0.1) is 5.10 Å². The molecule has 3 heterocycles. The van der Waals surface area contributed by atoms with Gasteiger partial charge in [-0.05, 0) is 19.1 Å². The lowest BCUT2D eigenvalue weighted by atomic mass is 10.2. The van der Waals surface area contributed by atoms with E-state index in [9.17, 15) is 18.0 Å². The van der Waals surface area contributed by atoms with Gasteiger partial charge in [0.1, 0.15) is 17.5 Å². The fraction of sp³-hybridized carbons (Fsp3) is 0.231. The normalized spacial score (nSPS) is 12.5. The van der Waals surface area contributed by atoms with Crippen LogP contribution in [0.5, 0.6) is 0 Å². The molecule has 0 N–H and O–H groups in total. The van der Waals surface area contributed by atoms with Crippen molar-refractivity contribution in [2.75, 3.05) is 6.61 Å². The molecular weight excluding hydrogens is 317 g/mol. The Kier molecular flexibility index (Phi) is 3.51. The number of pyridine rings is 1. The van der Waals surface area contributed by atoms with Gasteiger partial charge in [-0.25, -0.2) is 9.97 Å². The molecule has 0 bridgehead atoms. The van der Waals surface area contributed by atoms with E-state index >= 15 is 0 Å². The minimum atomic E-state index is -4.61. The van der Waals surface area contributed by atoms with Crippen LogP contribution >= 0.6 is 0 Å². The first-order chi connectivity index (χ1) is 10.9. The Morgan fingerprint density at radius 2 is 2.22 bits per heavy atom. The van der Waals surface area contributed by atoms with Crippen molar-refractivity contribution in [1.82, 2.24) is 14.6 Å². The van der Waals surface area contributed by atoms with E-state index in [1.807, 2.05) is 0 Å². The van der Waals surface area contributed by atoms with Crippen LogP contribution in [-0.4, -0.2) is 27.7 Å². The van der Waals surface area contributed by atoms with Crippen LogP contribution in [0.1, 0.15) is 12.6 Å². The summed E-state index contributed by atoms with van der Waals surface area (Å²) in [5.41, 5.74) is -2.22. The third-order valence-electron chi connectivity index (χ3n) is 2.93. The average Bonchev–Trinajstić information content (AvgIpc) is 2.87. The molecule has 0 amide bonds. The summed E-state index contributed by atoms with van der Waals surface area (Å²) in [5.74, 6) is 0. The van der Waals surface area contributed by atoms with E-state index in [1.54, 1.807) is 6.92 Å². The van der Waals surface area contributed by atoms with E-state index in [1.165, 1.54) is 0 Å². The van der Waals surface area contributed by atoms with Crippen LogP contribution in [0.4, 0.5) is 13.2 Å². The van der Waals surface area contributed by atoms with Crippen molar-refractivity contribution >= 4 is 28.6 Å². The Hall–Kier alpha value is -2.91. The molecule has 0 unspecified atom stereocenters. The third kappa shape index (κ3) is 2.62. The summed E-state index contributed by atoms with van der Waals surface area (Å²) in [6.07, 6.45) is -2.44. The monoisotopic (exact) mass is 326 g/mol. The van der Waals surface area contributed by atoms with Crippen molar-refractivity contribution < 1.29 is 22.3 Å². The van der Waals surface area contributed by atoms with E-state index in [0.717, 1.165) is 29.5 Å². The maximum absolute atomic E-state index is 12.7. The Morgan fingerprint density at radius 1 is 1.43 bits per heavy atom. The highest BCUT2D eigenvalue weighted by Gasteiger charge is 2.33. The second kappa shape index (κ2) is 5.38. The minimum absolute atomic E-state index is 0.120. The van der Waals surface area contributed by atoms with E-state index in [-0.39, 0.29) is 22.2 Å². The topological polar surface area (TPSA) is 82.5 Å². The smallest absolute Gasteiger partial charge is 0.433 e. The van der Waals surface area contributed by atoms with E-state index in [0.29, 0.717) is 6.61 Å². The number of hydrogen-bond donors (Lipinski definition) is 0. The Morgan fingerprint density at radius 3 is 2.91 bits per heavy atom. The molecule has 23 heavy (non-hydrogen) atoms. The van der Waals surface area contributed by atoms with Crippen molar-refractivity contribution in [2.24, 2.45) is 5.10 Å². The minimum Gasteiger partial charge on any atom is -0.482 e. The lowest BCUT2D eigenvalue weighted by molar-refractivity contribution is -0.141.